The quantitative estimate of drug-likeness (QED) is 0.510. The molecular weight excluding hydrogens is 123 g/mol. The molecule has 2 N–H and O–H groups in total. The largest absolute Gasteiger partial charge is 0.480 e. The van der Waals surface area contributed by atoms with Crippen molar-refractivity contribution in [2.24, 2.45) is 0 Å². The van der Waals surface area contributed by atoms with E-state index in [4.69, 9.17) is 10.1 Å². The lowest BCUT2D eigenvalue weighted by Gasteiger charge is -2.00. The maximum atomic E-state index is 9.78. The molecule has 0 aliphatic rings. The van der Waals surface area contributed by atoms with Crippen LogP contribution >= 0.6 is 0 Å². The molecule has 0 heterocycles. The molecule has 0 rings (SSSR count). The second kappa shape index (κ2) is 4.35. The third-order valence-electron chi connectivity index (χ3n) is 0.748. The molecule has 0 unspecified atom stereocenters. The van der Waals surface area contributed by atoms with Crippen LogP contribution in [0.5, 0.6) is 0 Å². The molecule has 52 valence electrons. The predicted molar refractivity (Wildman–Crippen MR) is 32.0 cm³/mol. The third-order valence-corrected chi connectivity index (χ3v) is 0.748. The molecule has 0 aliphatic carbocycles. The highest BCUT2D eigenvalue weighted by Crippen LogP contribution is 1.87. The number of carbonyl (C=O) groups is 1. The van der Waals surface area contributed by atoms with E-state index in [0.717, 1.165) is 0 Å². The average Bonchev–Trinajstić information content (AvgIpc) is 1.83. The third kappa shape index (κ3) is 5.32. The van der Waals surface area contributed by atoms with Gasteiger partial charge in [0.05, 0.1) is 0 Å². The molecule has 5 heteroatoms. The second-order valence-corrected chi connectivity index (χ2v) is 1.57. The fourth-order valence-electron chi connectivity index (χ4n) is 0.285. The number of aliphatic carboxylic acids is 1. The van der Waals surface area contributed by atoms with Gasteiger partial charge >= 0.3 is 13.1 Å². The standard InChI is InChI=1S/C4H9BO4/c1-2-5(8)9-3-4(6)7/h8H,2-3H2,1H3,(H,6,7). The topological polar surface area (TPSA) is 66.8 Å². The molecule has 0 bridgehead atoms. The number of hydrogen-bond acceptors (Lipinski definition) is 3. The van der Waals surface area contributed by atoms with Crippen LogP contribution in [-0.4, -0.2) is 29.8 Å². The fraction of sp³-hybridized carbons (Fsp3) is 0.750. The van der Waals surface area contributed by atoms with E-state index in [-0.39, 0.29) is 0 Å². The van der Waals surface area contributed by atoms with Gasteiger partial charge in [-0.1, -0.05) is 6.92 Å². The van der Waals surface area contributed by atoms with E-state index in [2.05, 4.69) is 4.65 Å². The maximum absolute atomic E-state index is 9.78. The molecular formula is C4H9BO4. The van der Waals surface area contributed by atoms with Gasteiger partial charge < -0.3 is 14.8 Å². The van der Waals surface area contributed by atoms with Crippen LogP contribution < -0.4 is 0 Å². The number of hydrogen-bond donors (Lipinski definition) is 2. The molecule has 0 aromatic carbocycles. The van der Waals surface area contributed by atoms with Crippen molar-refractivity contribution in [2.45, 2.75) is 13.2 Å². The summed E-state index contributed by atoms with van der Waals surface area (Å²) in [5.74, 6) is -1.07. The lowest BCUT2D eigenvalue weighted by Crippen LogP contribution is -2.20. The zero-order chi connectivity index (χ0) is 7.28. The first-order valence-corrected chi connectivity index (χ1v) is 2.68. The normalized spacial score (nSPS) is 9.11. The molecule has 0 fully saturated rings. The van der Waals surface area contributed by atoms with E-state index in [1.165, 1.54) is 0 Å². The molecule has 4 nitrogen and oxygen atoms in total. The summed E-state index contributed by atoms with van der Waals surface area (Å²) in [5.41, 5.74) is 0. The highest BCUT2D eigenvalue weighted by atomic mass is 16.5. The molecule has 0 aromatic heterocycles. The van der Waals surface area contributed by atoms with Gasteiger partial charge in [-0.05, 0) is 6.32 Å². The fourth-order valence-corrected chi connectivity index (χ4v) is 0.285. The van der Waals surface area contributed by atoms with Crippen LogP contribution in [0.1, 0.15) is 6.92 Å². The summed E-state index contributed by atoms with van der Waals surface area (Å²) in [7, 11) is -0.943. The van der Waals surface area contributed by atoms with Crippen molar-refractivity contribution in [2.75, 3.05) is 6.61 Å². The molecule has 0 saturated heterocycles. The summed E-state index contributed by atoms with van der Waals surface area (Å²) in [6, 6.07) is 0. The van der Waals surface area contributed by atoms with Crippen LogP contribution in [0.25, 0.3) is 0 Å². The average molecular weight is 132 g/mol. The van der Waals surface area contributed by atoms with Crippen LogP contribution in [0.3, 0.4) is 0 Å². The molecule has 0 amide bonds. The van der Waals surface area contributed by atoms with E-state index in [9.17, 15) is 4.79 Å². The lowest BCUT2D eigenvalue weighted by molar-refractivity contribution is -0.139. The molecule has 0 aliphatic heterocycles. The van der Waals surface area contributed by atoms with Crippen molar-refractivity contribution in [1.29, 1.82) is 0 Å². The Labute approximate surface area is 53.6 Å². The van der Waals surface area contributed by atoms with Crippen LogP contribution in [0, 0.1) is 0 Å². The number of rotatable bonds is 4. The van der Waals surface area contributed by atoms with Crippen molar-refractivity contribution in [1.82, 2.24) is 0 Å². The number of carboxylic acids is 1. The predicted octanol–water partition coefficient (Wildman–Crippen LogP) is -0.412. The Balaban J connectivity index is 3.16. The summed E-state index contributed by atoms with van der Waals surface area (Å²) in [6.45, 7) is 1.27. The van der Waals surface area contributed by atoms with E-state index in [0.29, 0.717) is 6.32 Å². The molecule has 0 saturated carbocycles. The van der Waals surface area contributed by atoms with Crippen molar-refractivity contribution in [3.8, 4) is 0 Å². The highest BCUT2D eigenvalue weighted by Gasteiger charge is 2.09. The zero-order valence-corrected chi connectivity index (χ0v) is 5.20. The van der Waals surface area contributed by atoms with Gasteiger partial charge in [-0.2, -0.15) is 0 Å². The van der Waals surface area contributed by atoms with E-state index < -0.39 is 19.7 Å². The second-order valence-electron chi connectivity index (χ2n) is 1.57. The Hall–Kier alpha value is -0.545. The Morgan fingerprint density at radius 2 is 2.33 bits per heavy atom. The van der Waals surface area contributed by atoms with Gasteiger partial charge in [0, 0.05) is 0 Å². The molecule has 0 radical (unpaired) electrons. The van der Waals surface area contributed by atoms with E-state index in [1.54, 1.807) is 6.92 Å². The zero-order valence-electron chi connectivity index (χ0n) is 5.20. The Morgan fingerprint density at radius 1 is 1.78 bits per heavy atom. The summed E-state index contributed by atoms with van der Waals surface area (Å²) < 4.78 is 4.41. The first-order valence-electron chi connectivity index (χ1n) is 2.68. The first kappa shape index (κ1) is 8.45. The van der Waals surface area contributed by atoms with Crippen LogP contribution in [-0.2, 0) is 9.45 Å². The van der Waals surface area contributed by atoms with Gasteiger partial charge in [0.1, 0.15) is 6.61 Å². The van der Waals surface area contributed by atoms with E-state index >= 15 is 0 Å². The summed E-state index contributed by atoms with van der Waals surface area (Å²) in [5, 5.41) is 16.6. The summed E-state index contributed by atoms with van der Waals surface area (Å²) in [4.78, 5) is 9.78. The van der Waals surface area contributed by atoms with Gasteiger partial charge in [-0.3, -0.25) is 0 Å². The van der Waals surface area contributed by atoms with Crippen LogP contribution in [0.15, 0.2) is 0 Å². The molecule has 9 heavy (non-hydrogen) atoms. The van der Waals surface area contributed by atoms with Crippen LogP contribution in [0.4, 0.5) is 0 Å². The minimum Gasteiger partial charge on any atom is -0.480 e. The molecule has 0 atom stereocenters. The smallest absolute Gasteiger partial charge is 0.454 e. The van der Waals surface area contributed by atoms with E-state index in [1.807, 2.05) is 0 Å². The SMILES string of the molecule is CCB(O)OCC(=O)O. The van der Waals surface area contributed by atoms with Gasteiger partial charge in [0.15, 0.2) is 0 Å². The highest BCUT2D eigenvalue weighted by molar-refractivity contribution is 6.42. The minimum atomic E-state index is -1.07. The Morgan fingerprint density at radius 3 is 2.67 bits per heavy atom. The molecule has 0 spiro atoms. The van der Waals surface area contributed by atoms with Crippen molar-refractivity contribution < 1.29 is 19.6 Å². The lowest BCUT2D eigenvalue weighted by atomic mass is 9.87. The van der Waals surface area contributed by atoms with Gasteiger partial charge in [0.25, 0.3) is 0 Å². The Kier molecular flexibility index (Phi) is 4.08. The monoisotopic (exact) mass is 132 g/mol. The van der Waals surface area contributed by atoms with Crippen molar-refractivity contribution in [3.05, 3.63) is 0 Å². The first-order chi connectivity index (χ1) is 4.16. The van der Waals surface area contributed by atoms with Crippen molar-refractivity contribution >= 4 is 13.1 Å². The Bertz CT molecular complexity index is 94.6. The van der Waals surface area contributed by atoms with Crippen molar-refractivity contribution in [3.63, 3.8) is 0 Å². The molecule has 0 aromatic rings. The number of carboxylic acid groups (broad SMARTS) is 1. The summed E-state index contributed by atoms with van der Waals surface area (Å²) in [6.07, 6.45) is 0.410. The summed E-state index contributed by atoms with van der Waals surface area (Å²) >= 11 is 0. The maximum Gasteiger partial charge on any atom is 0.454 e. The van der Waals surface area contributed by atoms with Gasteiger partial charge in [-0.25, -0.2) is 4.79 Å². The minimum absolute atomic E-state index is 0.410. The van der Waals surface area contributed by atoms with Gasteiger partial charge in [-0.15, -0.1) is 0 Å². The van der Waals surface area contributed by atoms with Crippen LogP contribution in [0.2, 0.25) is 6.32 Å². The van der Waals surface area contributed by atoms with Gasteiger partial charge in [0.2, 0.25) is 0 Å².